The average molecular weight is 332 g/mol. The minimum absolute atomic E-state index is 0.0777. The van der Waals surface area contributed by atoms with Gasteiger partial charge in [0.2, 0.25) is 0 Å². The maximum atomic E-state index is 13.0. The molecule has 2 fully saturated rings. The molecule has 4 heteroatoms. The lowest BCUT2D eigenvalue weighted by Gasteiger charge is -2.52. The summed E-state index contributed by atoms with van der Waals surface area (Å²) in [6, 6.07) is 0. The summed E-state index contributed by atoms with van der Waals surface area (Å²) in [5.41, 5.74) is 1.48. The minimum atomic E-state index is -0.535. The number of carbonyl (C=O) groups is 3. The minimum Gasteiger partial charge on any atom is -0.468 e. The summed E-state index contributed by atoms with van der Waals surface area (Å²) in [5, 5.41) is 0. The molecule has 4 nitrogen and oxygen atoms in total. The van der Waals surface area contributed by atoms with Crippen LogP contribution in [0.4, 0.5) is 0 Å². The molecule has 0 heterocycles. The Morgan fingerprint density at radius 2 is 1.96 bits per heavy atom. The van der Waals surface area contributed by atoms with E-state index in [-0.39, 0.29) is 17.7 Å². The van der Waals surface area contributed by atoms with Crippen molar-refractivity contribution in [1.82, 2.24) is 0 Å². The molecular formula is C20H28O4. The number of esters is 1. The first-order valence-corrected chi connectivity index (χ1v) is 9.13. The van der Waals surface area contributed by atoms with E-state index in [9.17, 15) is 14.4 Å². The van der Waals surface area contributed by atoms with Gasteiger partial charge in [-0.15, -0.1) is 0 Å². The Hall–Kier alpha value is -1.45. The van der Waals surface area contributed by atoms with Gasteiger partial charge in [0.25, 0.3) is 0 Å². The maximum absolute atomic E-state index is 13.0. The Labute approximate surface area is 144 Å². The summed E-state index contributed by atoms with van der Waals surface area (Å²) in [6.07, 6.45) is 5.30. The monoisotopic (exact) mass is 332 g/mol. The van der Waals surface area contributed by atoms with Crippen molar-refractivity contribution in [3.63, 3.8) is 0 Å². The molecular weight excluding hydrogens is 304 g/mol. The van der Waals surface area contributed by atoms with Gasteiger partial charge >= 0.3 is 5.97 Å². The standard InChI is InChI=1S/C20H28O4/c1-12(2)14-7-8-20(18(23)24-4)10-9-19(3)15(16(14)20)6-5-13(11-21)17(19)22/h11-13,15H,5-10H2,1-4H3/t13?,15-,19-,20+/m1/s1. The lowest BCUT2D eigenvalue weighted by molar-refractivity contribution is -0.157. The van der Waals surface area contributed by atoms with Crippen molar-refractivity contribution in [2.75, 3.05) is 7.11 Å². The maximum Gasteiger partial charge on any atom is 0.315 e. The molecule has 0 aromatic carbocycles. The Balaban J connectivity index is 2.13. The average Bonchev–Trinajstić information content (AvgIpc) is 2.96. The molecule has 132 valence electrons. The van der Waals surface area contributed by atoms with Crippen LogP contribution < -0.4 is 0 Å². The normalized spacial score (nSPS) is 38.8. The van der Waals surface area contributed by atoms with Gasteiger partial charge in [-0.25, -0.2) is 0 Å². The van der Waals surface area contributed by atoms with Gasteiger partial charge in [0.1, 0.15) is 12.1 Å². The van der Waals surface area contributed by atoms with Crippen LogP contribution in [0.25, 0.3) is 0 Å². The molecule has 0 N–H and O–H groups in total. The van der Waals surface area contributed by atoms with Crippen LogP contribution in [-0.2, 0) is 19.1 Å². The van der Waals surface area contributed by atoms with Crippen molar-refractivity contribution in [2.24, 2.45) is 28.6 Å². The first kappa shape index (κ1) is 17.4. The summed E-state index contributed by atoms with van der Waals surface area (Å²) in [7, 11) is 1.46. The molecule has 24 heavy (non-hydrogen) atoms. The third-order valence-corrected chi connectivity index (χ3v) is 6.97. The Bertz CT molecular complexity index is 617. The molecule has 0 bridgehead atoms. The highest BCUT2D eigenvalue weighted by Crippen LogP contribution is 2.63. The fourth-order valence-corrected chi connectivity index (χ4v) is 5.61. The van der Waals surface area contributed by atoms with Crippen LogP contribution >= 0.6 is 0 Å². The lowest BCUT2D eigenvalue weighted by atomic mass is 9.50. The number of hydrogen-bond acceptors (Lipinski definition) is 4. The zero-order chi connectivity index (χ0) is 17.7. The number of ketones is 1. The zero-order valence-corrected chi connectivity index (χ0v) is 15.2. The SMILES string of the molecule is COC(=O)[C@]12CCC(C(C)C)=C1[C@H]1CCC(C=O)C(=O)[C@]1(C)CC2. The fourth-order valence-electron chi connectivity index (χ4n) is 5.61. The van der Waals surface area contributed by atoms with Gasteiger partial charge < -0.3 is 9.53 Å². The molecule has 0 radical (unpaired) electrons. The van der Waals surface area contributed by atoms with Gasteiger partial charge in [-0.05, 0) is 55.9 Å². The molecule has 0 aliphatic heterocycles. The first-order chi connectivity index (χ1) is 11.3. The van der Waals surface area contributed by atoms with E-state index in [2.05, 4.69) is 13.8 Å². The molecule has 3 aliphatic rings. The van der Waals surface area contributed by atoms with Crippen LogP contribution in [-0.4, -0.2) is 25.1 Å². The van der Waals surface area contributed by atoms with Crippen molar-refractivity contribution >= 4 is 18.0 Å². The van der Waals surface area contributed by atoms with E-state index in [4.69, 9.17) is 4.74 Å². The molecule has 0 spiro atoms. The number of carbonyl (C=O) groups excluding carboxylic acids is 3. The molecule has 3 rings (SSSR count). The second-order valence-electron chi connectivity index (χ2n) is 8.32. The second-order valence-corrected chi connectivity index (χ2v) is 8.32. The summed E-state index contributed by atoms with van der Waals surface area (Å²) in [5.74, 6) is -0.0852. The van der Waals surface area contributed by atoms with E-state index in [1.54, 1.807) is 0 Å². The second kappa shape index (κ2) is 5.82. The van der Waals surface area contributed by atoms with Crippen LogP contribution in [0.15, 0.2) is 11.1 Å². The van der Waals surface area contributed by atoms with Gasteiger partial charge in [-0.1, -0.05) is 26.3 Å². The number of ether oxygens (including phenoxy) is 1. The van der Waals surface area contributed by atoms with Crippen molar-refractivity contribution in [3.05, 3.63) is 11.1 Å². The van der Waals surface area contributed by atoms with E-state index >= 15 is 0 Å². The van der Waals surface area contributed by atoms with E-state index in [1.165, 1.54) is 18.3 Å². The van der Waals surface area contributed by atoms with Gasteiger partial charge in [0.15, 0.2) is 0 Å². The Kier molecular flexibility index (Phi) is 4.21. The van der Waals surface area contributed by atoms with Crippen LogP contribution in [0.5, 0.6) is 0 Å². The van der Waals surface area contributed by atoms with Gasteiger partial charge in [0, 0.05) is 5.41 Å². The summed E-state index contributed by atoms with van der Waals surface area (Å²) in [6.45, 7) is 6.35. The molecule has 1 unspecified atom stereocenters. The van der Waals surface area contributed by atoms with Crippen LogP contribution in [0.3, 0.4) is 0 Å². The molecule has 0 amide bonds. The number of methoxy groups -OCH3 is 1. The summed E-state index contributed by atoms with van der Waals surface area (Å²) < 4.78 is 5.19. The number of rotatable bonds is 3. The number of aldehydes is 1. The molecule has 0 saturated heterocycles. The van der Waals surface area contributed by atoms with E-state index < -0.39 is 16.7 Å². The van der Waals surface area contributed by atoms with Crippen LogP contribution in [0.1, 0.15) is 59.3 Å². The third kappa shape index (κ3) is 2.14. The van der Waals surface area contributed by atoms with E-state index in [1.807, 2.05) is 6.92 Å². The van der Waals surface area contributed by atoms with Crippen molar-refractivity contribution in [2.45, 2.75) is 59.3 Å². The van der Waals surface area contributed by atoms with Crippen molar-refractivity contribution in [1.29, 1.82) is 0 Å². The predicted octanol–water partition coefficient (Wildman–Crippen LogP) is 3.49. The predicted molar refractivity (Wildman–Crippen MR) is 90.2 cm³/mol. The molecule has 0 aromatic heterocycles. The number of Topliss-reactive ketones (excluding diaryl/α,β-unsaturated/α-hetero) is 1. The van der Waals surface area contributed by atoms with Crippen molar-refractivity contribution in [3.8, 4) is 0 Å². The van der Waals surface area contributed by atoms with Gasteiger partial charge in [0.05, 0.1) is 18.4 Å². The van der Waals surface area contributed by atoms with Gasteiger partial charge in [-0.3, -0.25) is 9.59 Å². The number of fused-ring (bicyclic) bond motifs is 3. The Morgan fingerprint density at radius 1 is 1.25 bits per heavy atom. The summed E-state index contributed by atoms with van der Waals surface area (Å²) >= 11 is 0. The highest BCUT2D eigenvalue weighted by Gasteiger charge is 2.61. The van der Waals surface area contributed by atoms with E-state index in [0.29, 0.717) is 25.2 Å². The summed E-state index contributed by atoms with van der Waals surface area (Å²) in [4.78, 5) is 37.0. The number of hydrogen-bond donors (Lipinski definition) is 0. The Morgan fingerprint density at radius 3 is 2.54 bits per heavy atom. The highest BCUT2D eigenvalue weighted by molar-refractivity contribution is 5.99. The first-order valence-electron chi connectivity index (χ1n) is 9.13. The smallest absolute Gasteiger partial charge is 0.315 e. The van der Waals surface area contributed by atoms with Crippen LogP contribution in [0, 0.1) is 28.6 Å². The van der Waals surface area contributed by atoms with Crippen LogP contribution in [0.2, 0.25) is 0 Å². The molecule has 0 aromatic rings. The lowest BCUT2D eigenvalue weighted by Crippen LogP contribution is -2.53. The fraction of sp³-hybridized carbons (Fsp3) is 0.750. The van der Waals surface area contributed by atoms with E-state index in [0.717, 1.165) is 25.5 Å². The van der Waals surface area contributed by atoms with Crippen molar-refractivity contribution < 1.29 is 19.1 Å². The third-order valence-electron chi connectivity index (χ3n) is 6.97. The highest BCUT2D eigenvalue weighted by atomic mass is 16.5. The zero-order valence-electron chi connectivity index (χ0n) is 15.2. The molecule has 2 saturated carbocycles. The number of allylic oxidation sites excluding steroid dienone is 1. The molecule has 4 atom stereocenters. The molecule has 3 aliphatic carbocycles. The topological polar surface area (TPSA) is 60.4 Å². The van der Waals surface area contributed by atoms with Gasteiger partial charge in [-0.2, -0.15) is 0 Å². The largest absolute Gasteiger partial charge is 0.468 e. The quantitative estimate of drug-likeness (QED) is 0.343.